The number of ether oxygens (including phenoxy) is 1. The highest BCUT2D eigenvalue weighted by Gasteiger charge is 2.21. The molecule has 0 bridgehead atoms. The molecule has 0 atom stereocenters. The molecule has 0 spiro atoms. The van der Waals surface area contributed by atoms with Crippen molar-refractivity contribution in [2.24, 2.45) is 5.14 Å². The largest absolute Gasteiger partial charge is 0.466 e. The van der Waals surface area contributed by atoms with Gasteiger partial charge in [0.05, 0.1) is 11.5 Å². The molecule has 2 rings (SSSR count). The number of rotatable bonds is 6. The van der Waals surface area contributed by atoms with Gasteiger partial charge in [-0.15, -0.1) is 0 Å². The molecule has 0 aromatic heterocycles. The predicted octanol–water partition coefficient (Wildman–Crippen LogP) is 1.04. The number of carbonyl (C=O) groups excluding carboxylic acids is 1. The summed E-state index contributed by atoms with van der Waals surface area (Å²) in [7, 11) is -3.66. The second kappa shape index (κ2) is 6.44. The molecular weight excluding hydrogens is 292 g/mol. The second-order valence-corrected chi connectivity index (χ2v) is 6.54. The zero-order chi connectivity index (χ0) is 15.5. The fraction of sp³-hybridized carbons (Fsp3) is 0.500. The van der Waals surface area contributed by atoms with Gasteiger partial charge in [-0.05, 0) is 43.5 Å². The third-order valence-electron chi connectivity index (χ3n) is 3.49. The standard InChI is InChI=1S/C14H20N2O4S/c1-2-20-14(17)4-3-8-16-9-7-11-10-12(21(15,18)19)5-6-13(11)16/h5-6,10H,2-4,7-9H2,1H3,(H2,15,18,19). The molecule has 7 heteroatoms. The van der Waals surface area contributed by atoms with E-state index in [2.05, 4.69) is 4.90 Å². The summed E-state index contributed by atoms with van der Waals surface area (Å²) in [5.41, 5.74) is 2.00. The van der Waals surface area contributed by atoms with Crippen molar-refractivity contribution in [1.82, 2.24) is 0 Å². The Hall–Kier alpha value is -1.60. The Morgan fingerprint density at radius 2 is 2.19 bits per heavy atom. The van der Waals surface area contributed by atoms with Gasteiger partial charge in [0.25, 0.3) is 0 Å². The Balaban J connectivity index is 1.98. The van der Waals surface area contributed by atoms with E-state index in [1.54, 1.807) is 19.1 Å². The SMILES string of the molecule is CCOC(=O)CCCN1CCc2cc(S(N)(=O)=O)ccc21. The number of benzene rings is 1. The third kappa shape index (κ3) is 3.95. The molecule has 0 unspecified atom stereocenters. The Bertz CT molecular complexity index is 628. The Morgan fingerprint density at radius 1 is 1.43 bits per heavy atom. The first-order valence-corrected chi connectivity index (χ1v) is 8.52. The van der Waals surface area contributed by atoms with E-state index < -0.39 is 10.0 Å². The van der Waals surface area contributed by atoms with E-state index in [4.69, 9.17) is 9.88 Å². The summed E-state index contributed by atoms with van der Waals surface area (Å²) in [4.78, 5) is 13.6. The lowest BCUT2D eigenvalue weighted by molar-refractivity contribution is -0.143. The molecule has 0 saturated carbocycles. The normalized spacial score (nSPS) is 14.1. The fourth-order valence-electron chi connectivity index (χ4n) is 2.50. The lowest BCUT2D eigenvalue weighted by Crippen LogP contribution is -2.22. The average molecular weight is 312 g/mol. The third-order valence-corrected chi connectivity index (χ3v) is 4.40. The maximum atomic E-state index is 11.3. The minimum Gasteiger partial charge on any atom is -0.466 e. The number of esters is 1. The summed E-state index contributed by atoms with van der Waals surface area (Å²) in [6, 6.07) is 4.94. The molecule has 116 valence electrons. The average Bonchev–Trinajstić information content (AvgIpc) is 2.81. The maximum absolute atomic E-state index is 11.3. The molecule has 0 saturated heterocycles. The summed E-state index contributed by atoms with van der Waals surface area (Å²) in [5, 5.41) is 5.13. The molecule has 21 heavy (non-hydrogen) atoms. The first kappa shape index (κ1) is 15.8. The van der Waals surface area contributed by atoms with Gasteiger partial charge in [-0.1, -0.05) is 0 Å². The number of nitrogens with two attached hydrogens (primary N) is 1. The van der Waals surface area contributed by atoms with Crippen molar-refractivity contribution in [2.45, 2.75) is 31.1 Å². The van der Waals surface area contributed by atoms with E-state index in [0.29, 0.717) is 13.0 Å². The van der Waals surface area contributed by atoms with E-state index in [0.717, 1.165) is 37.2 Å². The quantitative estimate of drug-likeness (QED) is 0.793. The van der Waals surface area contributed by atoms with Crippen LogP contribution in [0.25, 0.3) is 0 Å². The Kier molecular flexibility index (Phi) is 4.84. The monoisotopic (exact) mass is 312 g/mol. The summed E-state index contributed by atoms with van der Waals surface area (Å²) < 4.78 is 27.6. The molecule has 1 aromatic rings. The van der Waals surface area contributed by atoms with Crippen LogP contribution in [0.15, 0.2) is 23.1 Å². The lowest BCUT2D eigenvalue weighted by Gasteiger charge is -2.19. The smallest absolute Gasteiger partial charge is 0.305 e. The highest BCUT2D eigenvalue weighted by Crippen LogP contribution is 2.30. The number of anilines is 1. The van der Waals surface area contributed by atoms with Crippen molar-refractivity contribution >= 4 is 21.7 Å². The van der Waals surface area contributed by atoms with Gasteiger partial charge in [0.2, 0.25) is 10.0 Å². The van der Waals surface area contributed by atoms with Gasteiger partial charge in [-0.3, -0.25) is 4.79 Å². The zero-order valence-corrected chi connectivity index (χ0v) is 12.9. The maximum Gasteiger partial charge on any atom is 0.305 e. The van der Waals surface area contributed by atoms with Crippen LogP contribution in [0, 0.1) is 0 Å². The van der Waals surface area contributed by atoms with E-state index in [1.165, 1.54) is 6.07 Å². The van der Waals surface area contributed by atoms with E-state index in [9.17, 15) is 13.2 Å². The van der Waals surface area contributed by atoms with Crippen LogP contribution < -0.4 is 10.0 Å². The molecule has 0 amide bonds. The number of sulfonamides is 1. The molecule has 1 aromatic carbocycles. The van der Waals surface area contributed by atoms with E-state index in [-0.39, 0.29) is 10.9 Å². The van der Waals surface area contributed by atoms with Crippen LogP contribution in [-0.2, 0) is 26.0 Å². The number of primary sulfonamides is 1. The van der Waals surface area contributed by atoms with Gasteiger partial charge in [0, 0.05) is 25.2 Å². The lowest BCUT2D eigenvalue weighted by atomic mass is 10.2. The van der Waals surface area contributed by atoms with Crippen LogP contribution in [0.2, 0.25) is 0 Å². The molecule has 1 aliphatic rings. The summed E-state index contributed by atoms with van der Waals surface area (Å²) in [6.07, 6.45) is 1.91. The van der Waals surface area contributed by atoms with Crippen molar-refractivity contribution < 1.29 is 17.9 Å². The van der Waals surface area contributed by atoms with Gasteiger partial charge >= 0.3 is 5.97 Å². The molecule has 0 aliphatic carbocycles. The Labute approximate surface area is 124 Å². The molecule has 1 heterocycles. The van der Waals surface area contributed by atoms with E-state index in [1.807, 2.05) is 0 Å². The van der Waals surface area contributed by atoms with Crippen LogP contribution in [0.4, 0.5) is 5.69 Å². The van der Waals surface area contributed by atoms with Crippen molar-refractivity contribution in [2.75, 3.05) is 24.6 Å². The molecule has 0 radical (unpaired) electrons. The Morgan fingerprint density at radius 3 is 2.86 bits per heavy atom. The molecule has 0 fully saturated rings. The summed E-state index contributed by atoms with van der Waals surface area (Å²) in [5.74, 6) is -0.179. The number of hydrogen-bond acceptors (Lipinski definition) is 5. The molecule has 2 N–H and O–H groups in total. The van der Waals surface area contributed by atoms with Gasteiger partial charge in [0.1, 0.15) is 0 Å². The second-order valence-electron chi connectivity index (χ2n) is 4.98. The molecular formula is C14H20N2O4S. The summed E-state index contributed by atoms with van der Waals surface area (Å²) in [6.45, 7) is 3.77. The summed E-state index contributed by atoms with van der Waals surface area (Å²) >= 11 is 0. The first-order valence-electron chi connectivity index (χ1n) is 6.98. The van der Waals surface area contributed by atoms with Crippen molar-refractivity contribution in [3.63, 3.8) is 0 Å². The van der Waals surface area contributed by atoms with Gasteiger partial charge in [0.15, 0.2) is 0 Å². The fourth-order valence-corrected chi connectivity index (χ4v) is 3.07. The predicted molar refractivity (Wildman–Crippen MR) is 79.6 cm³/mol. The molecule has 6 nitrogen and oxygen atoms in total. The number of hydrogen-bond donors (Lipinski definition) is 1. The minimum atomic E-state index is -3.66. The van der Waals surface area contributed by atoms with Crippen LogP contribution in [-0.4, -0.2) is 34.1 Å². The number of fused-ring (bicyclic) bond motifs is 1. The van der Waals surface area contributed by atoms with Crippen molar-refractivity contribution in [1.29, 1.82) is 0 Å². The highest BCUT2D eigenvalue weighted by molar-refractivity contribution is 7.89. The van der Waals surface area contributed by atoms with Crippen molar-refractivity contribution in [3.8, 4) is 0 Å². The van der Waals surface area contributed by atoms with Gasteiger partial charge in [-0.25, -0.2) is 13.6 Å². The highest BCUT2D eigenvalue weighted by atomic mass is 32.2. The number of carbonyl (C=O) groups is 1. The van der Waals surface area contributed by atoms with E-state index >= 15 is 0 Å². The van der Waals surface area contributed by atoms with Crippen LogP contribution >= 0.6 is 0 Å². The molecule has 1 aliphatic heterocycles. The van der Waals surface area contributed by atoms with Gasteiger partial charge in [-0.2, -0.15) is 0 Å². The van der Waals surface area contributed by atoms with Crippen LogP contribution in [0.3, 0.4) is 0 Å². The van der Waals surface area contributed by atoms with Crippen molar-refractivity contribution in [3.05, 3.63) is 23.8 Å². The minimum absolute atomic E-state index is 0.148. The topological polar surface area (TPSA) is 89.7 Å². The van der Waals surface area contributed by atoms with Gasteiger partial charge < -0.3 is 9.64 Å². The zero-order valence-electron chi connectivity index (χ0n) is 12.0. The van der Waals surface area contributed by atoms with Crippen LogP contribution in [0.1, 0.15) is 25.3 Å². The number of nitrogens with zero attached hydrogens (tertiary/aromatic N) is 1. The first-order chi connectivity index (χ1) is 9.91. The van der Waals surface area contributed by atoms with Crippen LogP contribution in [0.5, 0.6) is 0 Å².